The van der Waals surface area contributed by atoms with E-state index in [1.54, 1.807) is 11.3 Å². The van der Waals surface area contributed by atoms with Crippen LogP contribution in [0.2, 0.25) is 0 Å². The van der Waals surface area contributed by atoms with Crippen LogP contribution < -0.4 is 10.6 Å². The van der Waals surface area contributed by atoms with Crippen molar-refractivity contribution >= 4 is 17.2 Å². The summed E-state index contributed by atoms with van der Waals surface area (Å²) in [4.78, 5) is 2.20. The largest absolute Gasteiger partial charge is 0.355 e. The van der Waals surface area contributed by atoms with Gasteiger partial charge < -0.3 is 10.6 Å². The molecule has 0 aliphatic heterocycles. The Morgan fingerprint density at radius 2 is 2.29 bits per heavy atom. The molecule has 0 radical (unpaired) electrons. The van der Waals surface area contributed by atoms with E-state index in [9.17, 15) is 0 Å². The van der Waals surface area contributed by atoms with Gasteiger partial charge in [-0.1, -0.05) is 0 Å². The molecule has 92 valence electrons. The molecule has 4 nitrogen and oxygen atoms in total. The third kappa shape index (κ3) is 2.35. The topological polar surface area (TPSA) is 47.1 Å². The summed E-state index contributed by atoms with van der Waals surface area (Å²) in [6.45, 7) is 3.42. The SMILES string of the molecule is Cc1nn(C)c(N(C)Cc2ccsc2)c1CN. The van der Waals surface area contributed by atoms with Gasteiger partial charge >= 0.3 is 0 Å². The van der Waals surface area contributed by atoms with Gasteiger partial charge in [0.1, 0.15) is 5.82 Å². The molecule has 5 heteroatoms. The predicted octanol–water partition coefficient (Wildman–Crippen LogP) is 1.89. The lowest BCUT2D eigenvalue weighted by molar-refractivity contribution is 0.726. The summed E-state index contributed by atoms with van der Waals surface area (Å²) in [6.07, 6.45) is 0. The maximum atomic E-state index is 5.80. The summed E-state index contributed by atoms with van der Waals surface area (Å²) in [6, 6.07) is 2.15. The van der Waals surface area contributed by atoms with Crippen molar-refractivity contribution in [2.45, 2.75) is 20.0 Å². The minimum Gasteiger partial charge on any atom is -0.355 e. The van der Waals surface area contributed by atoms with Gasteiger partial charge in [0.2, 0.25) is 0 Å². The predicted molar refractivity (Wildman–Crippen MR) is 72.3 cm³/mol. The molecular weight excluding hydrogens is 232 g/mol. The molecule has 0 saturated heterocycles. The van der Waals surface area contributed by atoms with E-state index >= 15 is 0 Å². The van der Waals surface area contributed by atoms with Gasteiger partial charge in [0.15, 0.2) is 0 Å². The van der Waals surface area contributed by atoms with Crippen LogP contribution >= 0.6 is 11.3 Å². The second-order valence-electron chi connectivity index (χ2n) is 4.20. The molecule has 2 aromatic heterocycles. The Kier molecular flexibility index (Phi) is 3.49. The summed E-state index contributed by atoms with van der Waals surface area (Å²) >= 11 is 1.72. The van der Waals surface area contributed by atoms with E-state index in [0.29, 0.717) is 6.54 Å². The van der Waals surface area contributed by atoms with Gasteiger partial charge in [-0.05, 0) is 29.3 Å². The molecule has 2 aromatic rings. The first-order valence-corrected chi connectivity index (χ1v) is 6.52. The van der Waals surface area contributed by atoms with Crippen LogP contribution in [0.15, 0.2) is 16.8 Å². The molecule has 2 N–H and O–H groups in total. The highest BCUT2D eigenvalue weighted by atomic mass is 32.1. The first-order chi connectivity index (χ1) is 8.13. The third-order valence-corrected chi connectivity index (χ3v) is 3.61. The van der Waals surface area contributed by atoms with E-state index < -0.39 is 0 Å². The molecular formula is C12H18N4S. The van der Waals surface area contributed by atoms with Crippen molar-refractivity contribution < 1.29 is 0 Å². The Balaban J connectivity index is 2.27. The van der Waals surface area contributed by atoms with Crippen molar-refractivity contribution in [3.8, 4) is 0 Å². The molecule has 0 fully saturated rings. The molecule has 0 saturated carbocycles. The molecule has 0 amide bonds. The molecule has 0 atom stereocenters. The first kappa shape index (κ1) is 12.1. The third-order valence-electron chi connectivity index (χ3n) is 2.88. The number of aryl methyl sites for hydroxylation is 2. The van der Waals surface area contributed by atoms with Gasteiger partial charge in [0.25, 0.3) is 0 Å². The van der Waals surface area contributed by atoms with Crippen molar-refractivity contribution in [2.24, 2.45) is 12.8 Å². The minimum atomic E-state index is 0.531. The summed E-state index contributed by atoms with van der Waals surface area (Å²) < 4.78 is 1.91. The Bertz CT molecular complexity index is 487. The van der Waals surface area contributed by atoms with Gasteiger partial charge in [-0.15, -0.1) is 0 Å². The zero-order valence-electron chi connectivity index (χ0n) is 10.5. The molecule has 0 aliphatic rings. The standard InChI is InChI=1S/C12H18N4S/c1-9-11(6-13)12(16(3)14-9)15(2)7-10-4-5-17-8-10/h4-5,8H,6-7,13H2,1-3H3. The smallest absolute Gasteiger partial charge is 0.131 e. The van der Waals surface area contributed by atoms with E-state index in [0.717, 1.165) is 23.6 Å². The van der Waals surface area contributed by atoms with E-state index in [1.165, 1.54) is 5.56 Å². The monoisotopic (exact) mass is 250 g/mol. The zero-order chi connectivity index (χ0) is 12.4. The molecule has 0 aromatic carbocycles. The Morgan fingerprint density at radius 3 is 2.88 bits per heavy atom. The molecule has 2 heterocycles. The van der Waals surface area contributed by atoms with Gasteiger partial charge in [0, 0.05) is 32.7 Å². The van der Waals surface area contributed by atoms with Crippen LogP contribution in [-0.4, -0.2) is 16.8 Å². The van der Waals surface area contributed by atoms with Crippen molar-refractivity contribution in [1.82, 2.24) is 9.78 Å². The van der Waals surface area contributed by atoms with E-state index in [1.807, 2.05) is 18.7 Å². The fraction of sp³-hybridized carbons (Fsp3) is 0.417. The van der Waals surface area contributed by atoms with E-state index in [2.05, 4.69) is 33.9 Å². The van der Waals surface area contributed by atoms with Crippen molar-refractivity contribution in [1.29, 1.82) is 0 Å². The molecule has 0 aliphatic carbocycles. The highest BCUT2D eigenvalue weighted by Crippen LogP contribution is 2.23. The van der Waals surface area contributed by atoms with Gasteiger partial charge in [-0.2, -0.15) is 16.4 Å². The number of nitrogens with zero attached hydrogens (tertiary/aromatic N) is 3. The zero-order valence-corrected chi connectivity index (χ0v) is 11.3. The van der Waals surface area contributed by atoms with Gasteiger partial charge in [-0.25, -0.2) is 0 Å². The number of hydrogen-bond acceptors (Lipinski definition) is 4. The fourth-order valence-electron chi connectivity index (χ4n) is 2.14. The Morgan fingerprint density at radius 1 is 1.53 bits per heavy atom. The normalized spacial score (nSPS) is 10.8. The number of hydrogen-bond donors (Lipinski definition) is 1. The summed E-state index contributed by atoms with van der Waals surface area (Å²) in [5, 5.41) is 8.70. The maximum absolute atomic E-state index is 5.80. The molecule has 0 unspecified atom stereocenters. The van der Waals surface area contributed by atoms with E-state index in [-0.39, 0.29) is 0 Å². The minimum absolute atomic E-state index is 0.531. The number of aromatic nitrogens is 2. The lowest BCUT2D eigenvalue weighted by Gasteiger charge is -2.20. The van der Waals surface area contributed by atoms with Gasteiger partial charge in [-0.3, -0.25) is 4.68 Å². The van der Waals surface area contributed by atoms with Crippen LogP contribution in [0.5, 0.6) is 0 Å². The number of thiophene rings is 1. The summed E-state index contributed by atoms with van der Waals surface area (Å²) in [7, 11) is 4.04. The summed E-state index contributed by atoms with van der Waals surface area (Å²) in [5.74, 6) is 1.11. The van der Waals surface area contributed by atoms with Crippen LogP contribution in [0.3, 0.4) is 0 Å². The first-order valence-electron chi connectivity index (χ1n) is 5.58. The number of rotatable bonds is 4. The van der Waals surface area contributed by atoms with Gasteiger partial charge in [0.05, 0.1) is 5.69 Å². The van der Waals surface area contributed by atoms with Crippen molar-refractivity contribution in [3.05, 3.63) is 33.6 Å². The highest BCUT2D eigenvalue weighted by Gasteiger charge is 2.15. The number of anilines is 1. The average Bonchev–Trinajstić information content (AvgIpc) is 2.85. The molecule has 17 heavy (non-hydrogen) atoms. The average molecular weight is 250 g/mol. The summed E-state index contributed by atoms with van der Waals surface area (Å²) in [5.41, 5.74) is 9.26. The molecule has 2 rings (SSSR count). The van der Waals surface area contributed by atoms with Crippen LogP contribution in [0.1, 0.15) is 16.8 Å². The maximum Gasteiger partial charge on any atom is 0.131 e. The molecule has 0 bridgehead atoms. The molecule has 0 spiro atoms. The Labute approximate surface area is 106 Å². The van der Waals surface area contributed by atoms with Crippen molar-refractivity contribution in [3.63, 3.8) is 0 Å². The second kappa shape index (κ2) is 4.89. The van der Waals surface area contributed by atoms with Crippen LogP contribution in [0, 0.1) is 6.92 Å². The quantitative estimate of drug-likeness (QED) is 0.901. The highest BCUT2D eigenvalue weighted by molar-refractivity contribution is 7.07. The van der Waals surface area contributed by atoms with Crippen LogP contribution in [-0.2, 0) is 20.1 Å². The van der Waals surface area contributed by atoms with Crippen molar-refractivity contribution in [2.75, 3.05) is 11.9 Å². The fourth-order valence-corrected chi connectivity index (χ4v) is 2.80. The van der Waals surface area contributed by atoms with Crippen LogP contribution in [0.25, 0.3) is 0 Å². The van der Waals surface area contributed by atoms with E-state index in [4.69, 9.17) is 5.73 Å². The lowest BCUT2D eigenvalue weighted by atomic mass is 10.2. The lowest BCUT2D eigenvalue weighted by Crippen LogP contribution is -2.21. The number of nitrogens with two attached hydrogens (primary N) is 1. The second-order valence-corrected chi connectivity index (χ2v) is 4.98. The Hall–Kier alpha value is -1.33. The van der Waals surface area contributed by atoms with Crippen LogP contribution in [0.4, 0.5) is 5.82 Å².